The maximum atomic E-state index is 12.9. The molecule has 90 valence electrons. The largest absolute Gasteiger partial charge is 0.421 e. The Labute approximate surface area is 95.7 Å². The fourth-order valence-electron chi connectivity index (χ4n) is 1.70. The van der Waals surface area contributed by atoms with Crippen molar-refractivity contribution in [2.24, 2.45) is 5.92 Å². The molecule has 2 atom stereocenters. The van der Waals surface area contributed by atoms with Crippen LogP contribution in [0.4, 0.5) is 13.2 Å². The minimum Gasteiger partial charge on any atom is -0.364 e. The van der Waals surface area contributed by atoms with Crippen LogP contribution in [0.15, 0.2) is 24.3 Å². The standard InChI is InChI=1S/C10H10ClF3O2/c1-16-9(10(12,13)14)5-3-2-4-7(9)6-8(11)15/h2-5,7H,6H2,1H3. The van der Waals surface area contributed by atoms with E-state index < -0.39 is 29.4 Å². The summed E-state index contributed by atoms with van der Waals surface area (Å²) in [5.74, 6) is -1.13. The molecule has 0 spiro atoms. The third-order valence-electron chi connectivity index (χ3n) is 2.51. The molecule has 1 aliphatic rings. The van der Waals surface area contributed by atoms with Crippen molar-refractivity contribution in [3.63, 3.8) is 0 Å². The lowest BCUT2D eigenvalue weighted by Gasteiger charge is -2.38. The van der Waals surface area contributed by atoms with Gasteiger partial charge in [0.05, 0.1) is 0 Å². The van der Waals surface area contributed by atoms with Crippen LogP contribution in [0.25, 0.3) is 0 Å². The quantitative estimate of drug-likeness (QED) is 0.724. The van der Waals surface area contributed by atoms with E-state index in [1.807, 2.05) is 0 Å². The van der Waals surface area contributed by atoms with E-state index in [0.29, 0.717) is 0 Å². The van der Waals surface area contributed by atoms with E-state index in [1.165, 1.54) is 18.2 Å². The summed E-state index contributed by atoms with van der Waals surface area (Å²) in [6.45, 7) is 0. The van der Waals surface area contributed by atoms with Crippen LogP contribution in [-0.4, -0.2) is 24.1 Å². The lowest BCUT2D eigenvalue weighted by atomic mass is 9.81. The molecule has 0 aliphatic heterocycles. The van der Waals surface area contributed by atoms with Gasteiger partial charge in [-0.05, 0) is 17.7 Å². The van der Waals surface area contributed by atoms with Crippen LogP contribution in [-0.2, 0) is 9.53 Å². The van der Waals surface area contributed by atoms with Gasteiger partial charge in [0.25, 0.3) is 0 Å². The molecule has 0 saturated carbocycles. The highest BCUT2D eigenvalue weighted by Gasteiger charge is 2.58. The molecule has 2 unspecified atom stereocenters. The molecule has 0 aromatic carbocycles. The Morgan fingerprint density at radius 2 is 2.12 bits per heavy atom. The van der Waals surface area contributed by atoms with Gasteiger partial charge in [0.2, 0.25) is 5.24 Å². The number of halogens is 4. The zero-order valence-corrected chi connectivity index (χ0v) is 9.18. The van der Waals surface area contributed by atoms with Crippen molar-refractivity contribution < 1.29 is 22.7 Å². The fourth-order valence-corrected chi connectivity index (χ4v) is 1.86. The Hall–Kier alpha value is -0.810. The number of alkyl halides is 3. The first-order valence-electron chi connectivity index (χ1n) is 4.49. The molecular weight excluding hydrogens is 245 g/mol. The summed E-state index contributed by atoms with van der Waals surface area (Å²) in [6.07, 6.45) is -0.162. The Bertz CT molecular complexity index is 335. The predicted molar refractivity (Wildman–Crippen MR) is 53.0 cm³/mol. The fraction of sp³-hybridized carbons (Fsp3) is 0.500. The Morgan fingerprint density at radius 3 is 2.56 bits per heavy atom. The van der Waals surface area contributed by atoms with Crippen LogP contribution in [0.2, 0.25) is 0 Å². The number of carbonyl (C=O) groups is 1. The Kier molecular flexibility index (Phi) is 3.80. The normalized spacial score (nSPS) is 29.4. The zero-order valence-electron chi connectivity index (χ0n) is 8.42. The second-order valence-corrected chi connectivity index (χ2v) is 3.83. The summed E-state index contributed by atoms with van der Waals surface area (Å²) in [4.78, 5) is 10.7. The second kappa shape index (κ2) is 4.59. The van der Waals surface area contributed by atoms with E-state index in [2.05, 4.69) is 4.74 Å². The van der Waals surface area contributed by atoms with Crippen LogP contribution in [0.1, 0.15) is 6.42 Å². The first kappa shape index (κ1) is 13.3. The number of carbonyl (C=O) groups excluding carboxylic acids is 1. The van der Waals surface area contributed by atoms with Crippen molar-refractivity contribution in [3.05, 3.63) is 24.3 Å². The molecule has 0 aromatic rings. The number of hydrogen-bond acceptors (Lipinski definition) is 2. The van der Waals surface area contributed by atoms with Gasteiger partial charge < -0.3 is 4.74 Å². The molecule has 0 bridgehead atoms. The van der Waals surface area contributed by atoms with E-state index in [9.17, 15) is 18.0 Å². The van der Waals surface area contributed by atoms with Crippen LogP contribution in [0.3, 0.4) is 0 Å². The van der Waals surface area contributed by atoms with Crippen LogP contribution in [0.5, 0.6) is 0 Å². The predicted octanol–water partition coefficient (Wildman–Crippen LogP) is 2.83. The SMILES string of the molecule is COC1(C(F)(F)F)C=CC=CC1CC(=O)Cl. The Morgan fingerprint density at radius 1 is 1.50 bits per heavy atom. The first-order valence-corrected chi connectivity index (χ1v) is 4.87. The van der Waals surface area contributed by atoms with Gasteiger partial charge >= 0.3 is 6.18 Å². The van der Waals surface area contributed by atoms with Crippen molar-refractivity contribution in [3.8, 4) is 0 Å². The number of rotatable bonds is 3. The summed E-state index contributed by atoms with van der Waals surface area (Å²) in [5.41, 5.74) is -2.47. The Balaban J connectivity index is 3.09. The van der Waals surface area contributed by atoms with Crippen molar-refractivity contribution in [2.75, 3.05) is 7.11 Å². The van der Waals surface area contributed by atoms with Gasteiger partial charge in [-0.2, -0.15) is 13.2 Å². The monoisotopic (exact) mass is 254 g/mol. The van der Waals surface area contributed by atoms with Crippen molar-refractivity contribution in [2.45, 2.75) is 18.2 Å². The lowest BCUT2D eigenvalue weighted by molar-refractivity contribution is -0.262. The van der Waals surface area contributed by atoms with Crippen LogP contribution >= 0.6 is 11.6 Å². The van der Waals surface area contributed by atoms with E-state index in [4.69, 9.17) is 11.6 Å². The number of methoxy groups -OCH3 is 1. The van der Waals surface area contributed by atoms with Crippen molar-refractivity contribution in [1.82, 2.24) is 0 Å². The average molecular weight is 255 g/mol. The topological polar surface area (TPSA) is 26.3 Å². The van der Waals surface area contributed by atoms with Crippen molar-refractivity contribution >= 4 is 16.8 Å². The molecular formula is C10H10ClF3O2. The summed E-state index contributed by atoms with van der Waals surface area (Å²) in [6, 6.07) is 0. The highest BCUT2D eigenvalue weighted by Crippen LogP contribution is 2.44. The lowest BCUT2D eigenvalue weighted by Crippen LogP contribution is -2.51. The second-order valence-electron chi connectivity index (χ2n) is 3.40. The average Bonchev–Trinajstić information content (AvgIpc) is 2.16. The van der Waals surface area contributed by atoms with E-state index in [-0.39, 0.29) is 0 Å². The zero-order chi connectivity index (χ0) is 12.4. The van der Waals surface area contributed by atoms with Gasteiger partial charge in [-0.25, -0.2) is 0 Å². The third-order valence-corrected chi connectivity index (χ3v) is 2.66. The molecule has 2 nitrogen and oxygen atoms in total. The number of ether oxygens (including phenoxy) is 1. The highest BCUT2D eigenvalue weighted by atomic mass is 35.5. The minimum atomic E-state index is -4.60. The molecule has 0 radical (unpaired) electrons. The van der Waals surface area contributed by atoms with E-state index in [0.717, 1.165) is 13.2 Å². The summed E-state index contributed by atoms with van der Waals surface area (Å²) in [5, 5.41) is -0.823. The minimum absolute atomic E-state index is 0.421. The van der Waals surface area contributed by atoms with E-state index >= 15 is 0 Å². The summed E-state index contributed by atoms with van der Waals surface area (Å²) in [7, 11) is 0.961. The maximum absolute atomic E-state index is 12.9. The molecule has 6 heteroatoms. The van der Waals surface area contributed by atoms with Gasteiger partial charge in [0.15, 0.2) is 5.60 Å². The molecule has 0 fully saturated rings. The summed E-state index contributed by atoms with van der Waals surface area (Å²) >= 11 is 5.13. The smallest absolute Gasteiger partial charge is 0.364 e. The van der Waals surface area contributed by atoms with Crippen LogP contribution in [0, 0.1) is 5.92 Å². The van der Waals surface area contributed by atoms with Gasteiger partial charge in [0, 0.05) is 19.4 Å². The van der Waals surface area contributed by atoms with Crippen LogP contribution < -0.4 is 0 Å². The van der Waals surface area contributed by atoms with Gasteiger partial charge in [-0.1, -0.05) is 18.2 Å². The van der Waals surface area contributed by atoms with Gasteiger partial charge in [-0.3, -0.25) is 4.79 Å². The molecule has 0 saturated heterocycles. The summed E-state index contributed by atoms with van der Waals surface area (Å²) < 4.78 is 43.4. The molecule has 0 aromatic heterocycles. The first-order chi connectivity index (χ1) is 7.33. The molecule has 16 heavy (non-hydrogen) atoms. The third kappa shape index (κ3) is 2.30. The highest BCUT2D eigenvalue weighted by molar-refractivity contribution is 6.63. The van der Waals surface area contributed by atoms with Gasteiger partial charge in [-0.15, -0.1) is 0 Å². The number of hydrogen-bond donors (Lipinski definition) is 0. The van der Waals surface area contributed by atoms with Crippen molar-refractivity contribution in [1.29, 1.82) is 0 Å². The van der Waals surface area contributed by atoms with E-state index in [1.54, 1.807) is 0 Å². The van der Waals surface area contributed by atoms with Gasteiger partial charge in [0.1, 0.15) is 0 Å². The maximum Gasteiger partial charge on any atom is 0.421 e. The molecule has 1 rings (SSSR count). The molecule has 1 aliphatic carbocycles. The molecule has 0 amide bonds. The molecule has 0 N–H and O–H groups in total. The molecule has 0 heterocycles. The number of allylic oxidation sites excluding steroid dienone is 2.